The average molecular weight is 266 g/mol. The van der Waals surface area contributed by atoms with Gasteiger partial charge in [-0.15, -0.1) is 0 Å². The van der Waals surface area contributed by atoms with E-state index < -0.39 is 0 Å². The summed E-state index contributed by atoms with van der Waals surface area (Å²) >= 11 is 0. The topological polar surface area (TPSA) is 70.8 Å². The van der Waals surface area contributed by atoms with Crippen molar-refractivity contribution in [2.24, 2.45) is 0 Å². The van der Waals surface area contributed by atoms with Crippen LogP contribution in [0.4, 0.5) is 5.82 Å². The zero-order valence-corrected chi connectivity index (χ0v) is 11.1. The quantitative estimate of drug-likeness (QED) is 0.920. The minimum Gasteiger partial charge on any atom is -0.437 e. The van der Waals surface area contributed by atoms with E-state index in [9.17, 15) is 0 Å². The second kappa shape index (κ2) is 5.17. The summed E-state index contributed by atoms with van der Waals surface area (Å²) in [6.45, 7) is 0. The molecule has 0 amide bonds. The van der Waals surface area contributed by atoms with E-state index in [-0.39, 0.29) is 0 Å². The molecule has 1 aliphatic carbocycles. The number of aromatic nitrogens is 2. The SMILES string of the molecule is CNc1cc(Oc2ccccc2C#N)nc(C2CC2)n1. The monoisotopic (exact) mass is 266 g/mol. The summed E-state index contributed by atoms with van der Waals surface area (Å²) in [7, 11) is 1.81. The molecule has 1 heterocycles. The Hall–Kier alpha value is -2.61. The summed E-state index contributed by atoms with van der Waals surface area (Å²) in [6.07, 6.45) is 2.25. The molecular weight excluding hydrogens is 252 g/mol. The van der Waals surface area contributed by atoms with E-state index in [4.69, 9.17) is 10.00 Å². The van der Waals surface area contributed by atoms with Gasteiger partial charge in [-0.05, 0) is 25.0 Å². The van der Waals surface area contributed by atoms with Crippen LogP contribution in [0, 0.1) is 11.3 Å². The first kappa shape index (κ1) is 12.4. The molecule has 0 radical (unpaired) electrons. The number of ether oxygens (including phenoxy) is 1. The van der Waals surface area contributed by atoms with Crippen LogP contribution in [0.15, 0.2) is 30.3 Å². The van der Waals surface area contributed by atoms with Gasteiger partial charge in [-0.3, -0.25) is 0 Å². The first-order valence-electron chi connectivity index (χ1n) is 6.54. The van der Waals surface area contributed by atoms with Crippen molar-refractivity contribution >= 4 is 5.82 Å². The molecule has 1 N–H and O–H groups in total. The average Bonchev–Trinajstić information content (AvgIpc) is 3.32. The first-order chi connectivity index (χ1) is 9.80. The molecule has 2 aromatic rings. The predicted octanol–water partition coefficient (Wildman–Crippen LogP) is 3.06. The Morgan fingerprint density at radius 1 is 1.30 bits per heavy atom. The number of benzene rings is 1. The van der Waals surface area contributed by atoms with Gasteiger partial charge in [0.15, 0.2) is 0 Å². The van der Waals surface area contributed by atoms with Crippen molar-refractivity contribution in [2.45, 2.75) is 18.8 Å². The van der Waals surface area contributed by atoms with Crippen molar-refractivity contribution < 1.29 is 4.74 Å². The molecule has 0 saturated heterocycles. The fourth-order valence-corrected chi connectivity index (χ4v) is 1.91. The van der Waals surface area contributed by atoms with Crippen LogP contribution >= 0.6 is 0 Å². The molecule has 20 heavy (non-hydrogen) atoms. The van der Waals surface area contributed by atoms with Gasteiger partial charge in [-0.25, -0.2) is 4.98 Å². The number of rotatable bonds is 4. The molecule has 1 saturated carbocycles. The minimum atomic E-state index is 0.442. The van der Waals surface area contributed by atoms with Crippen LogP contribution in [0.3, 0.4) is 0 Å². The van der Waals surface area contributed by atoms with E-state index >= 15 is 0 Å². The van der Waals surface area contributed by atoms with Crippen LogP contribution in [0.5, 0.6) is 11.6 Å². The van der Waals surface area contributed by atoms with Gasteiger partial charge < -0.3 is 10.1 Å². The lowest BCUT2D eigenvalue weighted by molar-refractivity contribution is 0.457. The lowest BCUT2D eigenvalue weighted by Gasteiger charge is -2.09. The molecule has 5 heteroatoms. The van der Waals surface area contributed by atoms with Gasteiger partial charge in [0, 0.05) is 19.0 Å². The molecule has 0 aliphatic heterocycles. The minimum absolute atomic E-state index is 0.442. The molecule has 0 unspecified atom stereocenters. The molecule has 1 aromatic heterocycles. The maximum absolute atomic E-state index is 9.07. The van der Waals surface area contributed by atoms with Crippen molar-refractivity contribution in [1.29, 1.82) is 5.26 Å². The summed E-state index contributed by atoms with van der Waals surface area (Å²) in [5.74, 6) is 2.95. The number of hydrogen-bond donors (Lipinski definition) is 1. The zero-order valence-electron chi connectivity index (χ0n) is 11.1. The molecule has 1 aliphatic rings. The van der Waals surface area contributed by atoms with Gasteiger partial charge in [0.05, 0.1) is 5.56 Å². The number of para-hydroxylation sites is 1. The lowest BCUT2D eigenvalue weighted by Crippen LogP contribution is -2.01. The molecule has 100 valence electrons. The van der Waals surface area contributed by atoms with Crippen LogP contribution in [0.1, 0.15) is 30.1 Å². The van der Waals surface area contributed by atoms with Crippen molar-refractivity contribution in [1.82, 2.24) is 9.97 Å². The Kier molecular flexibility index (Phi) is 3.21. The largest absolute Gasteiger partial charge is 0.437 e. The summed E-state index contributed by atoms with van der Waals surface area (Å²) in [5, 5.41) is 12.1. The molecule has 5 nitrogen and oxygen atoms in total. The Balaban J connectivity index is 1.93. The Labute approximate surface area is 117 Å². The molecular formula is C15H14N4O. The smallest absolute Gasteiger partial charge is 0.224 e. The third kappa shape index (κ3) is 2.54. The second-order valence-corrected chi connectivity index (χ2v) is 4.68. The fraction of sp³-hybridized carbons (Fsp3) is 0.267. The first-order valence-corrected chi connectivity index (χ1v) is 6.54. The third-order valence-electron chi connectivity index (χ3n) is 3.14. The summed E-state index contributed by atoms with van der Waals surface area (Å²) in [4.78, 5) is 8.86. The normalized spacial score (nSPS) is 13.6. The summed E-state index contributed by atoms with van der Waals surface area (Å²) in [5.41, 5.74) is 0.491. The fourth-order valence-electron chi connectivity index (χ4n) is 1.91. The van der Waals surface area contributed by atoms with Crippen molar-refractivity contribution in [3.8, 4) is 17.7 Å². The van der Waals surface area contributed by atoms with Crippen molar-refractivity contribution in [3.05, 3.63) is 41.7 Å². The maximum atomic E-state index is 9.07. The van der Waals surface area contributed by atoms with E-state index in [1.165, 1.54) is 0 Å². The summed E-state index contributed by atoms with van der Waals surface area (Å²) < 4.78 is 5.75. The Morgan fingerprint density at radius 3 is 2.80 bits per heavy atom. The van der Waals surface area contributed by atoms with Gasteiger partial charge in [0.25, 0.3) is 0 Å². The number of nitrogens with zero attached hydrogens (tertiary/aromatic N) is 3. The molecule has 1 fully saturated rings. The van der Waals surface area contributed by atoms with E-state index in [1.54, 1.807) is 24.3 Å². The van der Waals surface area contributed by atoms with Gasteiger partial charge in [0.2, 0.25) is 5.88 Å². The maximum Gasteiger partial charge on any atom is 0.224 e. The lowest BCUT2D eigenvalue weighted by atomic mass is 10.2. The van der Waals surface area contributed by atoms with Gasteiger partial charge >= 0.3 is 0 Å². The van der Waals surface area contributed by atoms with E-state index in [1.807, 2.05) is 13.1 Å². The summed E-state index contributed by atoms with van der Waals surface area (Å²) in [6, 6.07) is 11.0. The highest BCUT2D eigenvalue weighted by atomic mass is 16.5. The van der Waals surface area contributed by atoms with Crippen molar-refractivity contribution in [3.63, 3.8) is 0 Å². The van der Waals surface area contributed by atoms with Crippen LogP contribution in [0.25, 0.3) is 0 Å². The van der Waals surface area contributed by atoms with Crippen LogP contribution in [-0.4, -0.2) is 17.0 Å². The molecule has 0 bridgehead atoms. The second-order valence-electron chi connectivity index (χ2n) is 4.68. The number of nitriles is 1. The Morgan fingerprint density at radius 2 is 2.10 bits per heavy atom. The van der Waals surface area contributed by atoms with Crippen LogP contribution in [0.2, 0.25) is 0 Å². The van der Waals surface area contributed by atoms with E-state index in [2.05, 4.69) is 21.4 Å². The highest BCUT2D eigenvalue weighted by Gasteiger charge is 2.27. The highest BCUT2D eigenvalue weighted by Crippen LogP contribution is 2.39. The van der Waals surface area contributed by atoms with Crippen LogP contribution < -0.4 is 10.1 Å². The van der Waals surface area contributed by atoms with Gasteiger partial charge in [-0.2, -0.15) is 10.2 Å². The third-order valence-corrected chi connectivity index (χ3v) is 3.14. The molecule has 0 atom stereocenters. The predicted molar refractivity (Wildman–Crippen MR) is 74.8 cm³/mol. The van der Waals surface area contributed by atoms with Crippen LogP contribution in [-0.2, 0) is 0 Å². The van der Waals surface area contributed by atoms with Gasteiger partial charge in [-0.1, -0.05) is 12.1 Å². The van der Waals surface area contributed by atoms with Crippen molar-refractivity contribution in [2.75, 3.05) is 12.4 Å². The van der Waals surface area contributed by atoms with E-state index in [0.717, 1.165) is 24.5 Å². The number of hydrogen-bond acceptors (Lipinski definition) is 5. The number of nitrogens with one attached hydrogen (secondary N) is 1. The number of anilines is 1. The molecule has 3 rings (SSSR count). The van der Waals surface area contributed by atoms with Gasteiger partial charge in [0.1, 0.15) is 23.5 Å². The highest BCUT2D eigenvalue weighted by molar-refractivity contribution is 5.46. The van der Waals surface area contributed by atoms with E-state index in [0.29, 0.717) is 23.1 Å². The zero-order chi connectivity index (χ0) is 13.9. The Bertz CT molecular complexity index is 674. The standard InChI is InChI=1S/C15H14N4O/c1-17-13-8-14(19-15(18-13)10-6-7-10)20-12-5-3-2-4-11(12)9-16/h2-5,8,10H,6-7H2,1H3,(H,17,18,19). The molecule has 0 spiro atoms. The molecule has 1 aromatic carbocycles.